The molecule has 4 aliphatic carbocycles. The van der Waals surface area contributed by atoms with Gasteiger partial charge in [0.2, 0.25) is 0 Å². The van der Waals surface area contributed by atoms with E-state index in [2.05, 4.69) is 31.0 Å². The SMILES string of the molecule is C[C@]12CC[C@H](O)CC1=CCC1C2CC[C@]2(C)C(c3cncc(C(F)F)c3)=CCC12. The molecule has 5 rings (SSSR count). The van der Waals surface area contributed by atoms with Crippen molar-refractivity contribution < 1.29 is 13.9 Å². The molecule has 6 atom stereocenters. The summed E-state index contributed by atoms with van der Waals surface area (Å²) in [5, 5.41) is 10.2. The second kappa shape index (κ2) is 6.73. The second-order valence-corrected chi connectivity index (χ2v) is 10.3. The molecule has 2 saturated carbocycles. The minimum Gasteiger partial charge on any atom is -0.393 e. The Bertz CT molecular complexity index is 877. The number of allylic oxidation sites excluding steroid dienone is 3. The van der Waals surface area contributed by atoms with Crippen molar-refractivity contribution in [3.8, 4) is 0 Å². The first-order valence-corrected chi connectivity index (χ1v) is 11.1. The summed E-state index contributed by atoms with van der Waals surface area (Å²) in [6.45, 7) is 4.79. The van der Waals surface area contributed by atoms with Crippen LogP contribution < -0.4 is 0 Å². The lowest BCUT2D eigenvalue weighted by atomic mass is 9.47. The normalized spacial score (nSPS) is 41.3. The summed E-state index contributed by atoms with van der Waals surface area (Å²) < 4.78 is 26.5. The highest BCUT2D eigenvalue weighted by Gasteiger charge is 2.56. The van der Waals surface area contributed by atoms with Crippen LogP contribution in [-0.2, 0) is 0 Å². The summed E-state index contributed by atoms with van der Waals surface area (Å²) in [7, 11) is 0. The molecule has 1 heterocycles. The van der Waals surface area contributed by atoms with E-state index < -0.39 is 6.43 Å². The van der Waals surface area contributed by atoms with E-state index in [9.17, 15) is 13.9 Å². The van der Waals surface area contributed by atoms with Gasteiger partial charge in [0, 0.05) is 18.0 Å². The lowest BCUT2D eigenvalue weighted by molar-refractivity contribution is -0.0238. The predicted octanol–water partition coefficient (Wildman–Crippen LogP) is 6.34. The van der Waals surface area contributed by atoms with Gasteiger partial charge in [-0.2, -0.15) is 0 Å². The van der Waals surface area contributed by atoms with E-state index in [-0.39, 0.29) is 22.5 Å². The number of halogens is 2. The zero-order chi connectivity index (χ0) is 20.4. The highest BCUT2D eigenvalue weighted by Crippen LogP contribution is 2.66. The monoisotopic (exact) mass is 399 g/mol. The summed E-state index contributed by atoms with van der Waals surface area (Å²) >= 11 is 0. The Kier molecular flexibility index (Phi) is 4.51. The number of fused-ring (bicyclic) bond motifs is 5. The van der Waals surface area contributed by atoms with E-state index in [4.69, 9.17) is 0 Å². The quantitative estimate of drug-likeness (QED) is 0.589. The summed E-state index contributed by atoms with van der Waals surface area (Å²) in [6, 6.07) is 1.64. The Hall–Kier alpha value is -1.55. The minimum atomic E-state index is -2.48. The fraction of sp³-hybridized carbons (Fsp3) is 0.640. The van der Waals surface area contributed by atoms with Crippen LogP contribution in [0.1, 0.15) is 76.3 Å². The topological polar surface area (TPSA) is 33.1 Å². The second-order valence-electron chi connectivity index (χ2n) is 10.3. The van der Waals surface area contributed by atoms with Crippen molar-refractivity contribution in [3.05, 3.63) is 47.3 Å². The molecule has 2 fully saturated rings. The Balaban J connectivity index is 1.46. The molecule has 2 nitrogen and oxygen atoms in total. The van der Waals surface area contributed by atoms with E-state index in [1.54, 1.807) is 12.3 Å². The minimum absolute atomic E-state index is 0.0163. The summed E-state index contributed by atoms with van der Waals surface area (Å²) in [5.41, 5.74) is 3.88. The van der Waals surface area contributed by atoms with Crippen LogP contribution in [0, 0.1) is 28.6 Å². The Labute approximate surface area is 172 Å². The molecule has 0 saturated heterocycles. The first-order chi connectivity index (χ1) is 13.8. The first kappa shape index (κ1) is 19.4. The van der Waals surface area contributed by atoms with Gasteiger partial charge in [0.1, 0.15) is 0 Å². The molecule has 1 N–H and O–H groups in total. The molecule has 0 amide bonds. The smallest absolute Gasteiger partial charge is 0.265 e. The molecule has 156 valence electrons. The van der Waals surface area contributed by atoms with Crippen molar-refractivity contribution in [1.29, 1.82) is 0 Å². The maximum atomic E-state index is 13.2. The third-order valence-corrected chi connectivity index (χ3v) is 8.98. The number of rotatable bonds is 2. The molecule has 3 unspecified atom stereocenters. The highest BCUT2D eigenvalue weighted by molar-refractivity contribution is 5.72. The van der Waals surface area contributed by atoms with E-state index >= 15 is 0 Å². The van der Waals surface area contributed by atoms with Gasteiger partial charge in [0.05, 0.1) is 6.10 Å². The predicted molar refractivity (Wildman–Crippen MR) is 110 cm³/mol. The molecule has 1 aromatic rings. The average molecular weight is 400 g/mol. The largest absolute Gasteiger partial charge is 0.393 e. The Morgan fingerprint density at radius 2 is 1.83 bits per heavy atom. The third kappa shape index (κ3) is 2.85. The summed E-state index contributed by atoms with van der Waals surface area (Å²) in [6.07, 6.45) is 12.4. The molecular weight excluding hydrogens is 368 g/mol. The number of hydrogen-bond acceptors (Lipinski definition) is 2. The number of hydrogen-bond donors (Lipinski definition) is 1. The van der Waals surface area contributed by atoms with Gasteiger partial charge < -0.3 is 5.11 Å². The molecule has 0 radical (unpaired) electrons. The van der Waals surface area contributed by atoms with Crippen molar-refractivity contribution in [2.75, 3.05) is 0 Å². The Morgan fingerprint density at radius 1 is 1.03 bits per heavy atom. The standard InChI is InChI=1S/C25H31F2NO/c1-24-9-7-18(29)12-17(24)3-4-19-21-6-5-20(25(21,2)10-8-22(19)24)15-11-16(23(26)27)14-28-13-15/h3,5,11,13-14,18-19,21-23,29H,4,6-10,12H2,1-2H3/t18-,19?,21?,22?,24-,25+/m0/s1. The van der Waals surface area contributed by atoms with Crippen molar-refractivity contribution in [2.24, 2.45) is 28.6 Å². The van der Waals surface area contributed by atoms with Crippen LogP contribution >= 0.6 is 0 Å². The van der Waals surface area contributed by atoms with E-state index in [1.807, 2.05) is 0 Å². The molecular formula is C25H31F2NO. The van der Waals surface area contributed by atoms with Gasteiger partial charge in [0.15, 0.2) is 0 Å². The average Bonchev–Trinajstić information content (AvgIpc) is 3.06. The molecule has 0 spiro atoms. The molecule has 4 aliphatic rings. The molecule has 0 aliphatic heterocycles. The number of pyridine rings is 1. The van der Waals surface area contributed by atoms with Crippen molar-refractivity contribution in [2.45, 2.75) is 71.3 Å². The van der Waals surface area contributed by atoms with Crippen LogP contribution in [0.15, 0.2) is 36.2 Å². The van der Waals surface area contributed by atoms with Gasteiger partial charge in [-0.15, -0.1) is 0 Å². The molecule has 0 bridgehead atoms. The van der Waals surface area contributed by atoms with Crippen LogP contribution in [-0.4, -0.2) is 16.2 Å². The molecule has 29 heavy (non-hydrogen) atoms. The lowest BCUT2D eigenvalue weighted by Gasteiger charge is -2.57. The fourth-order valence-electron chi connectivity index (χ4n) is 7.38. The van der Waals surface area contributed by atoms with Crippen LogP contribution in [0.5, 0.6) is 0 Å². The number of nitrogens with zero attached hydrogens (tertiary/aromatic N) is 1. The van der Waals surface area contributed by atoms with Crippen molar-refractivity contribution in [1.82, 2.24) is 4.98 Å². The van der Waals surface area contributed by atoms with Gasteiger partial charge in [-0.25, -0.2) is 8.78 Å². The molecule has 1 aromatic heterocycles. The van der Waals surface area contributed by atoms with E-state index in [0.717, 1.165) is 44.1 Å². The summed E-state index contributed by atoms with van der Waals surface area (Å²) in [5.74, 6) is 1.87. The third-order valence-electron chi connectivity index (χ3n) is 8.98. The maximum absolute atomic E-state index is 13.2. The van der Waals surface area contributed by atoms with Crippen LogP contribution in [0.25, 0.3) is 5.57 Å². The van der Waals surface area contributed by atoms with Crippen molar-refractivity contribution >= 4 is 5.57 Å². The van der Waals surface area contributed by atoms with E-state index in [0.29, 0.717) is 17.8 Å². The lowest BCUT2D eigenvalue weighted by Crippen LogP contribution is -2.49. The van der Waals surface area contributed by atoms with Crippen LogP contribution in [0.3, 0.4) is 0 Å². The first-order valence-electron chi connectivity index (χ1n) is 11.1. The number of aliphatic hydroxyl groups is 1. The van der Waals surface area contributed by atoms with Crippen LogP contribution in [0.2, 0.25) is 0 Å². The van der Waals surface area contributed by atoms with Crippen molar-refractivity contribution in [3.63, 3.8) is 0 Å². The van der Waals surface area contributed by atoms with Gasteiger partial charge in [-0.05, 0) is 90.7 Å². The number of aliphatic hydroxyl groups excluding tert-OH is 1. The van der Waals surface area contributed by atoms with Gasteiger partial charge in [-0.1, -0.05) is 31.6 Å². The van der Waals surface area contributed by atoms with Gasteiger partial charge in [-0.3, -0.25) is 4.98 Å². The fourth-order valence-corrected chi connectivity index (χ4v) is 7.38. The number of alkyl halides is 2. The van der Waals surface area contributed by atoms with Crippen LogP contribution in [0.4, 0.5) is 8.78 Å². The highest BCUT2D eigenvalue weighted by atomic mass is 19.3. The number of aromatic nitrogens is 1. The zero-order valence-corrected chi connectivity index (χ0v) is 17.4. The zero-order valence-electron chi connectivity index (χ0n) is 17.4. The molecule has 4 heteroatoms. The van der Waals surface area contributed by atoms with Gasteiger partial charge in [0.25, 0.3) is 6.43 Å². The molecule has 0 aromatic carbocycles. The summed E-state index contributed by atoms with van der Waals surface area (Å²) in [4.78, 5) is 4.12. The van der Waals surface area contributed by atoms with Gasteiger partial charge >= 0.3 is 0 Å². The van der Waals surface area contributed by atoms with E-state index in [1.165, 1.54) is 23.8 Å². The Morgan fingerprint density at radius 3 is 2.62 bits per heavy atom. The maximum Gasteiger partial charge on any atom is 0.265 e.